The fourth-order valence-corrected chi connectivity index (χ4v) is 3.51. The third-order valence-corrected chi connectivity index (χ3v) is 5.22. The highest BCUT2D eigenvalue weighted by molar-refractivity contribution is 14.0. The fraction of sp³-hybridized carbons (Fsp3) is 0.632. The standard InChI is InChI=1S/C19H32N4O3S.HI/c1-20-19(21-6-11-27-5)23-9-7-22(8-10-23)14-15-12-16(24-2)18(26-4)17(13-15)25-3;/h12-13H,6-11,14H2,1-5H3,(H,20,21);1H. The number of nitrogens with zero attached hydrogens (tertiary/aromatic N) is 3. The van der Waals surface area contributed by atoms with E-state index in [9.17, 15) is 0 Å². The van der Waals surface area contributed by atoms with E-state index in [1.807, 2.05) is 30.9 Å². The summed E-state index contributed by atoms with van der Waals surface area (Å²) >= 11 is 1.84. The fourth-order valence-electron chi connectivity index (χ4n) is 3.20. The maximum atomic E-state index is 5.46. The van der Waals surface area contributed by atoms with Crippen LogP contribution in [0.3, 0.4) is 0 Å². The van der Waals surface area contributed by atoms with Crippen LogP contribution in [0.2, 0.25) is 0 Å². The summed E-state index contributed by atoms with van der Waals surface area (Å²) in [6, 6.07) is 4.05. The van der Waals surface area contributed by atoms with E-state index < -0.39 is 0 Å². The van der Waals surface area contributed by atoms with Crippen LogP contribution in [0.15, 0.2) is 17.1 Å². The Balaban J connectivity index is 0.00000392. The molecule has 0 radical (unpaired) electrons. The SMILES string of the molecule is CN=C(NCCSC)N1CCN(Cc2cc(OC)c(OC)c(OC)c2)CC1.I. The average Bonchev–Trinajstić information content (AvgIpc) is 2.71. The van der Waals surface area contributed by atoms with Crippen molar-refractivity contribution in [3.8, 4) is 17.2 Å². The Hall–Kier alpha value is -1.07. The van der Waals surface area contributed by atoms with Gasteiger partial charge in [-0.3, -0.25) is 9.89 Å². The molecule has 1 fully saturated rings. The molecule has 0 aromatic heterocycles. The molecule has 28 heavy (non-hydrogen) atoms. The quantitative estimate of drug-likeness (QED) is 0.243. The van der Waals surface area contributed by atoms with Crippen LogP contribution < -0.4 is 19.5 Å². The largest absolute Gasteiger partial charge is 0.493 e. The summed E-state index contributed by atoms with van der Waals surface area (Å²) in [5.74, 6) is 4.11. The maximum Gasteiger partial charge on any atom is 0.203 e. The van der Waals surface area contributed by atoms with Gasteiger partial charge in [0.2, 0.25) is 5.75 Å². The smallest absolute Gasteiger partial charge is 0.203 e. The Labute approximate surface area is 190 Å². The Kier molecular flexibility index (Phi) is 11.8. The maximum absolute atomic E-state index is 5.46. The zero-order valence-corrected chi connectivity index (χ0v) is 20.6. The number of hydrogen-bond acceptors (Lipinski definition) is 6. The van der Waals surface area contributed by atoms with Gasteiger partial charge in [0.15, 0.2) is 17.5 Å². The first kappa shape index (κ1) is 25.0. The Morgan fingerprint density at radius 2 is 1.68 bits per heavy atom. The van der Waals surface area contributed by atoms with Gasteiger partial charge in [-0.05, 0) is 24.0 Å². The van der Waals surface area contributed by atoms with E-state index in [-0.39, 0.29) is 24.0 Å². The second-order valence-electron chi connectivity index (χ2n) is 6.26. The van der Waals surface area contributed by atoms with E-state index in [1.165, 1.54) is 0 Å². The van der Waals surface area contributed by atoms with Gasteiger partial charge in [-0.15, -0.1) is 24.0 Å². The lowest BCUT2D eigenvalue weighted by molar-refractivity contribution is 0.172. The minimum absolute atomic E-state index is 0. The van der Waals surface area contributed by atoms with Gasteiger partial charge >= 0.3 is 0 Å². The number of piperazine rings is 1. The second kappa shape index (κ2) is 13.2. The van der Waals surface area contributed by atoms with Crippen molar-refractivity contribution in [2.75, 3.05) is 73.1 Å². The number of hydrogen-bond donors (Lipinski definition) is 1. The summed E-state index contributed by atoms with van der Waals surface area (Å²) in [6.07, 6.45) is 2.12. The Morgan fingerprint density at radius 3 is 2.14 bits per heavy atom. The van der Waals surface area contributed by atoms with Crippen LogP contribution in [-0.2, 0) is 6.54 Å². The van der Waals surface area contributed by atoms with Gasteiger partial charge in [-0.1, -0.05) is 0 Å². The lowest BCUT2D eigenvalue weighted by Gasteiger charge is -2.36. The Bertz CT molecular complexity index is 600. The van der Waals surface area contributed by atoms with Crippen LogP contribution >= 0.6 is 35.7 Å². The van der Waals surface area contributed by atoms with Gasteiger partial charge in [-0.2, -0.15) is 11.8 Å². The molecule has 7 nitrogen and oxygen atoms in total. The summed E-state index contributed by atoms with van der Waals surface area (Å²) in [5, 5.41) is 3.44. The molecule has 1 aromatic rings. The van der Waals surface area contributed by atoms with Crippen LogP contribution in [0, 0.1) is 0 Å². The number of benzene rings is 1. The second-order valence-corrected chi connectivity index (χ2v) is 7.25. The van der Waals surface area contributed by atoms with E-state index in [0.717, 1.165) is 56.5 Å². The number of thioether (sulfide) groups is 1. The van der Waals surface area contributed by atoms with E-state index in [2.05, 4.69) is 26.4 Å². The minimum Gasteiger partial charge on any atom is -0.493 e. The van der Waals surface area contributed by atoms with Gasteiger partial charge in [0, 0.05) is 52.1 Å². The number of methoxy groups -OCH3 is 3. The molecule has 0 aliphatic carbocycles. The normalized spacial score (nSPS) is 15.0. The molecular formula is C19H33IN4O3S. The molecule has 1 aliphatic rings. The minimum atomic E-state index is 0. The first-order valence-corrected chi connectivity index (χ1v) is 10.5. The van der Waals surface area contributed by atoms with E-state index in [0.29, 0.717) is 17.2 Å². The van der Waals surface area contributed by atoms with Gasteiger partial charge in [0.05, 0.1) is 21.3 Å². The lowest BCUT2D eigenvalue weighted by atomic mass is 10.1. The molecule has 0 spiro atoms. The van der Waals surface area contributed by atoms with Gasteiger partial charge in [-0.25, -0.2) is 0 Å². The summed E-state index contributed by atoms with van der Waals surface area (Å²) in [4.78, 5) is 9.18. The number of nitrogens with one attached hydrogen (secondary N) is 1. The van der Waals surface area contributed by atoms with Crippen molar-refractivity contribution in [1.29, 1.82) is 0 Å². The van der Waals surface area contributed by atoms with Crippen molar-refractivity contribution in [2.45, 2.75) is 6.54 Å². The van der Waals surface area contributed by atoms with Crippen molar-refractivity contribution in [3.63, 3.8) is 0 Å². The summed E-state index contributed by atoms with van der Waals surface area (Å²) in [7, 11) is 6.77. The Morgan fingerprint density at radius 1 is 1.07 bits per heavy atom. The predicted molar refractivity (Wildman–Crippen MR) is 128 cm³/mol. The first-order valence-electron chi connectivity index (χ1n) is 9.12. The van der Waals surface area contributed by atoms with Crippen LogP contribution in [0.4, 0.5) is 0 Å². The molecule has 0 bridgehead atoms. The number of aliphatic imine (C=N–C) groups is 1. The molecule has 0 amide bonds. The highest BCUT2D eigenvalue weighted by Gasteiger charge is 2.21. The molecule has 2 rings (SSSR count). The summed E-state index contributed by atoms with van der Waals surface area (Å²) < 4.78 is 16.3. The van der Waals surface area contributed by atoms with E-state index in [4.69, 9.17) is 14.2 Å². The van der Waals surface area contributed by atoms with Gasteiger partial charge < -0.3 is 24.4 Å². The molecule has 160 valence electrons. The average molecular weight is 524 g/mol. The predicted octanol–water partition coefficient (Wildman–Crippen LogP) is 2.39. The van der Waals surface area contributed by atoms with Crippen molar-refractivity contribution >= 4 is 41.7 Å². The lowest BCUT2D eigenvalue weighted by Crippen LogP contribution is -2.52. The molecule has 0 unspecified atom stereocenters. The molecule has 0 atom stereocenters. The number of guanidine groups is 1. The van der Waals surface area contributed by atoms with Crippen LogP contribution in [-0.4, -0.2) is 88.9 Å². The van der Waals surface area contributed by atoms with E-state index >= 15 is 0 Å². The van der Waals surface area contributed by atoms with Gasteiger partial charge in [0.25, 0.3) is 0 Å². The van der Waals surface area contributed by atoms with Crippen molar-refractivity contribution in [1.82, 2.24) is 15.1 Å². The van der Waals surface area contributed by atoms with E-state index in [1.54, 1.807) is 21.3 Å². The van der Waals surface area contributed by atoms with Crippen molar-refractivity contribution in [3.05, 3.63) is 17.7 Å². The van der Waals surface area contributed by atoms with Crippen LogP contribution in [0.1, 0.15) is 5.56 Å². The molecule has 1 saturated heterocycles. The van der Waals surface area contributed by atoms with Gasteiger partial charge in [0.1, 0.15) is 0 Å². The number of rotatable bonds is 8. The highest BCUT2D eigenvalue weighted by atomic mass is 127. The molecular weight excluding hydrogens is 491 g/mol. The number of halogens is 1. The molecule has 1 N–H and O–H groups in total. The molecule has 9 heteroatoms. The number of ether oxygens (including phenoxy) is 3. The third-order valence-electron chi connectivity index (χ3n) is 4.60. The molecule has 1 aliphatic heterocycles. The van der Waals surface area contributed by atoms with Crippen molar-refractivity contribution < 1.29 is 14.2 Å². The zero-order chi connectivity index (χ0) is 19.6. The highest BCUT2D eigenvalue weighted by Crippen LogP contribution is 2.38. The van der Waals surface area contributed by atoms with Crippen LogP contribution in [0.5, 0.6) is 17.2 Å². The molecule has 1 aromatic carbocycles. The molecule has 1 heterocycles. The molecule has 0 saturated carbocycles. The summed E-state index contributed by atoms with van der Waals surface area (Å²) in [5.41, 5.74) is 1.15. The topological polar surface area (TPSA) is 58.6 Å². The summed E-state index contributed by atoms with van der Waals surface area (Å²) in [6.45, 7) is 5.69. The van der Waals surface area contributed by atoms with Crippen LogP contribution in [0.25, 0.3) is 0 Å². The monoisotopic (exact) mass is 524 g/mol. The first-order chi connectivity index (χ1) is 13.2. The zero-order valence-electron chi connectivity index (χ0n) is 17.5. The third kappa shape index (κ3) is 6.77. The van der Waals surface area contributed by atoms with Crippen molar-refractivity contribution in [2.24, 2.45) is 4.99 Å².